The number of amides is 2. The third kappa shape index (κ3) is 10.4. The van der Waals surface area contributed by atoms with Gasteiger partial charge in [-0.05, 0) is 56.1 Å². The first-order chi connectivity index (χ1) is 16.0. The van der Waals surface area contributed by atoms with E-state index in [1.165, 1.54) is 0 Å². The van der Waals surface area contributed by atoms with Gasteiger partial charge in [-0.25, -0.2) is 4.79 Å². The zero-order valence-electron chi connectivity index (χ0n) is 19.3. The average molecular weight is 459 g/mol. The van der Waals surface area contributed by atoms with E-state index in [0.717, 1.165) is 24.2 Å². The fourth-order valence-electron chi connectivity index (χ4n) is 3.02. The summed E-state index contributed by atoms with van der Waals surface area (Å²) in [6.07, 6.45) is -0.162. The minimum absolute atomic E-state index is 0.190. The van der Waals surface area contributed by atoms with E-state index < -0.39 is 24.2 Å². The largest absolute Gasteiger partial charge is 0.491 e. The predicted molar refractivity (Wildman–Crippen MR) is 125 cm³/mol. The van der Waals surface area contributed by atoms with Crippen molar-refractivity contribution >= 4 is 12.0 Å². The molecular weight excluding hydrogens is 424 g/mol. The maximum absolute atomic E-state index is 12.3. The molecule has 33 heavy (non-hydrogen) atoms. The first-order valence-electron chi connectivity index (χ1n) is 11.3. The van der Waals surface area contributed by atoms with Crippen molar-refractivity contribution in [3.8, 4) is 11.5 Å². The van der Waals surface area contributed by atoms with Crippen molar-refractivity contribution in [2.24, 2.45) is 0 Å². The van der Waals surface area contributed by atoms with E-state index in [2.05, 4.69) is 10.6 Å². The van der Waals surface area contributed by atoms with Crippen molar-refractivity contribution in [1.82, 2.24) is 10.6 Å². The molecule has 8 nitrogen and oxygen atoms in total. The van der Waals surface area contributed by atoms with Crippen molar-refractivity contribution in [2.75, 3.05) is 26.3 Å². The van der Waals surface area contributed by atoms with Gasteiger partial charge < -0.3 is 24.6 Å². The lowest BCUT2D eigenvalue weighted by atomic mass is 10.1. The summed E-state index contributed by atoms with van der Waals surface area (Å²) in [6, 6.07) is 16.9. The molecule has 8 heteroatoms. The first-order valence-corrected chi connectivity index (χ1v) is 11.3. The van der Waals surface area contributed by atoms with Crippen LogP contribution in [0, 0.1) is 0 Å². The number of rotatable bonds is 14. The number of hydrogen-bond donors (Lipinski definition) is 3. The summed E-state index contributed by atoms with van der Waals surface area (Å²) >= 11 is 0. The summed E-state index contributed by atoms with van der Waals surface area (Å²) in [5, 5.41) is 15.5. The van der Waals surface area contributed by atoms with Crippen molar-refractivity contribution in [3.05, 3.63) is 60.2 Å². The fraction of sp³-hybridized carbons (Fsp3) is 0.440. The Hall–Kier alpha value is -3.10. The summed E-state index contributed by atoms with van der Waals surface area (Å²) in [7, 11) is 0. The van der Waals surface area contributed by atoms with E-state index in [1.807, 2.05) is 49.4 Å². The van der Waals surface area contributed by atoms with Crippen LogP contribution < -0.4 is 20.1 Å². The molecule has 0 aromatic heterocycles. The monoisotopic (exact) mass is 458 g/mol. The van der Waals surface area contributed by atoms with Gasteiger partial charge in [0.2, 0.25) is 0 Å². The van der Waals surface area contributed by atoms with Crippen LogP contribution in [0.4, 0.5) is 4.79 Å². The van der Waals surface area contributed by atoms with Crippen molar-refractivity contribution in [1.29, 1.82) is 0 Å². The molecular formula is C25H34N2O6. The Kier molecular flexibility index (Phi) is 11.8. The van der Waals surface area contributed by atoms with Crippen LogP contribution in [0.1, 0.15) is 32.3 Å². The second-order valence-corrected chi connectivity index (χ2v) is 7.48. The topological polar surface area (TPSA) is 106 Å². The van der Waals surface area contributed by atoms with Gasteiger partial charge in [0.1, 0.15) is 24.2 Å². The number of aliphatic hydroxyl groups is 1. The molecule has 3 N–H and O–H groups in total. The highest BCUT2D eigenvalue weighted by Gasteiger charge is 2.22. The third-order valence-electron chi connectivity index (χ3n) is 4.70. The van der Waals surface area contributed by atoms with Crippen LogP contribution in [0.5, 0.6) is 11.5 Å². The van der Waals surface area contributed by atoms with Crippen LogP contribution in [0.3, 0.4) is 0 Å². The van der Waals surface area contributed by atoms with Crippen LogP contribution in [0.15, 0.2) is 54.6 Å². The van der Waals surface area contributed by atoms with Crippen LogP contribution in [-0.2, 0) is 16.0 Å². The van der Waals surface area contributed by atoms with Crippen molar-refractivity contribution in [2.45, 2.75) is 45.3 Å². The molecule has 2 atom stereocenters. The second-order valence-electron chi connectivity index (χ2n) is 7.48. The van der Waals surface area contributed by atoms with Crippen LogP contribution >= 0.6 is 0 Å². The van der Waals surface area contributed by atoms with Gasteiger partial charge in [-0.2, -0.15) is 0 Å². The summed E-state index contributed by atoms with van der Waals surface area (Å²) in [5.41, 5.74) is 1.09. The molecule has 0 aliphatic carbocycles. The van der Waals surface area contributed by atoms with Gasteiger partial charge >= 0.3 is 6.09 Å². The first kappa shape index (κ1) is 26.2. The molecule has 0 saturated heterocycles. The number of imide groups is 1. The minimum atomic E-state index is -0.772. The lowest BCUT2D eigenvalue weighted by molar-refractivity contribution is -0.127. The molecule has 2 aromatic rings. The van der Waals surface area contributed by atoms with Crippen LogP contribution in [0.25, 0.3) is 0 Å². The normalized spacial score (nSPS) is 12.5. The minimum Gasteiger partial charge on any atom is -0.491 e. The quantitative estimate of drug-likeness (QED) is 0.374. The van der Waals surface area contributed by atoms with Crippen LogP contribution in [-0.4, -0.2) is 55.6 Å². The summed E-state index contributed by atoms with van der Waals surface area (Å²) in [4.78, 5) is 23.8. The Bertz CT molecular complexity index is 829. The van der Waals surface area contributed by atoms with Gasteiger partial charge in [0, 0.05) is 6.54 Å². The molecule has 0 fully saturated rings. The Labute approximate surface area is 195 Å². The molecule has 0 aliphatic heterocycles. The van der Waals surface area contributed by atoms with E-state index in [-0.39, 0.29) is 13.2 Å². The number of carbonyl (C=O) groups excluding carboxylic acids is 2. The molecule has 0 saturated carbocycles. The van der Waals surface area contributed by atoms with Gasteiger partial charge in [-0.15, -0.1) is 0 Å². The van der Waals surface area contributed by atoms with Crippen molar-refractivity contribution in [3.63, 3.8) is 0 Å². The summed E-state index contributed by atoms with van der Waals surface area (Å²) in [6.45, 7) is 5.16. The van der Waals surface area contributed by atoms with E-state index >= 15 is 0 Å². The van der Waals surface area contributed by atoms with Crippen molar-refractivity contribution < 1.29 is 28.9 Å². The van der Waals surface area contributed by atoms with E-state index in [1.54, 1.807) is 19.1 Å². The lowest BCUT2D eigenvalue weighted by Gasteiger charge is -2.18. The van der Waals surface area contributed by atoms with Gasteiger partial charge in [0.15, 0.2) is 6.10 Å². The molecule has 2 aromatic carbocycles. The molecule has 0 radical (unpaired) electrons. The Morgan fingerprint density at radius 2 is 1.73 bits per heavy atom. The predicted octanol–water partition coefficient (Wildman–Crippen LogP) is 3.08. The summed E-state index contributed by atoms with van der Waals surface area (Å²) < 4.78 is 16.1. The van der Waals surface area contributed by atoms with Gasteiger partial charge in [0.25, 0.3) is 5.91 Å². The van der Waals surface area contributed by atoms with E-state index in [4.69, 9.17) is 14.2 Å². The molecule has 0 bridgehead atoms. The second kappa shape index (κ2) is 14.9. The standard InChI is InChI=1S/C25H34N2O6/c1-3-8-23(24(29)27-25(30)31-4-2)33-22-13-11-19(12-14-22)15-16-26-17-20(28)18-32-21-9-6-5-7-10-21/h5-7,9-14,20,23,26,28H,3-4,8,15-18H2,1-2H3,(H,27,29,30). The smallest absolute Gasteiger partial charge is 0.413 e. The Balaban J connectivity index is 1.71. The van der Waals surface area contributed by atoms with Gasteiger partial charge in [-0.1, -0.05) is 43.7 Å². The number of aliphatic hydroxyl groups excluding tert-OH is 1. The molecule has 2 unspecified atom stereocenters. The molecule has 0 heterocycles. The molecule has 0 aliphatic rings. The highest BCUT2D eigenvalue weighted by atomic mass is 16.6. The number of ether oxygens (including phenoxy) is 3. The molecule has 180 valence electrons. The molecule has 2 rings (SSSR count). The molecule has 2 amide bonds. The SMILES string of the molecule is CCCC(Oc1ccc(CCNCC(O)COc2ccccc2)cc1)C(=O)NC(=O)OCC. The maximum atomic E-state index is 12.3. The number of hydrogen-bond acceptors (Lipinski definition) is 7. The Morgan fingerprint density at radius 3 is 2.39 bits per heavy atom. The maximum Gasteiger partial charge on any atom is 0.413 e. The number of carbonyl (C=O) groups is 2. The number of alkyl carbamates (subject to hydrolysis) is 1. The number of benzene rings is 2. The highest BCUT2D eigenvalue weighted by Crippen LogP contribution is 2.16. The van der Waals surface area contributed by atoms with Crippen LogP contribution in [0.2, 0.25) is 0 Å². The third-order valence-corrected chi connectivity index (χ3v) is 4.70. The summed E-state index contributed by atoms with van der Waals surface area (Å²) in [5.74, 6) is 0.773. The van der Waals surface area contributed by atoms with Gasteiger partial charge in [-0.3, -0.25) is 10.1 Å². The number of nitrogens with one attached hydrogen (secondary N) is 2. The number of para-hydroxylation sites is 1. The Morgan fingerprint density at radius 1 is 1.00 bits per heavy atom. The zero-order valence-corrected chi connectivity index (χ0v) is 19.3. The molecule has 0 spiro atoms. The van der Waals surface area contributed by atoms with Gasteiger partial charge in [0.05, 0.1) is 6.61 Å². The highest BCUT2D eigenvalue weighted by molar-refractivity contribution is 5.94. The van der Waals surface area contributed by atoms with E-state index in [9.17, 15) is 14.7 Å². The fourth-order valence-corrected chi connectivity index (χ4v) is 3.02. The van der Waals surface area contributed by atoms with E-state index in [0.29, 0.717) is 25.3 Å². The lowest BCUT2D eigenvalue weighted by Crippen LogP contribution is -2.41. The average Bonchev–Trinajstić information content (AvgIpc) is 2.82. The zero-order chi connectivity index (χ0) is 23.9.